The number of anilines is 1. The van der Waals surface area contributed by atoms with Gasteiger partial charge in [-0.25, -0.2) is 4.98 Å². The molecular weight excluding hydrogens is 385 g/mol. The number of amides is 1. The number of rotatable bonds is 8. The van der Waals surface area contributed by atoms with Crippen LogP contribution in [0.4, 0.5) is 18.9 Å². The van der Waals surface area contributed by atoms with E-state index >= 15 is 0 Å². The van der Waals surface area contributed by atoms with Gasteiger partial charge in [0.2, 0.25) is 5.91 Å². The lowest BCUT2D eigenvalue weighted by molar-refractivity contribution is -0.153. The van der Waals surface area contributed by atoms with Gasteiger partial charge in [-0.3, -0.25) is 4.79 Å². The van der Waals surface area contributed by atoms with Gasteiger partial charge in [0.15, 0.2) is 18.3 Å². The lowest BCUT2D eigenvalue weighted by Crippen LogP contribution is -2.19. The zero-order valence-corrected chi connectivity index (χ0v) is 15.4. The van der Waals surface area contributed by atoms with E-state index in [2.05, 4.69) is 15.0 Å². The molecule has 2 aromatic carbocycles. The Morgan fingerprint density at radius 3 is 2.48 bits per heavy atom. The molecule has 0 atom stereocenters. The van der Waals surface area contributed by atoms with Gasteiger partial charge in [-0.1, -0.05) is 30.3 Å². The standard InChI is InChI=1S/C21H19F3N2O3/c22-21(23,24)14-28-17-11-9-16(10-12-17)26-19(27)7-4-8-20-25-13-18(29-20)15-5-2-1-3-6-15/h1-3,5-6,9-13H,4,7-8,14H2,(H,26,27). The van der Waals surface area contributed by atoms with Crippen LogP contribution in [0, 0.1) is 0 Å². The average Bonchev–Trinajstić information content (AvgIpc) is 3.16. The van der Waals surface area contributed by atoms with Crippen molar-refractivity contribution in [3.63, 3.8) is 0 Å². The first kappa shape index (κ1) is 20.4. The molecule has 0 radical (unpaired) electrons. The topological polar surface area (TPSA) is 64.4 Å². The first-order valence-electron chi connectivity index (χ1n) is 8.99. The normalized spacial score (nSPS) is 11.3. The van der Waals surface area contributed by atoms with Crippen LogP contribution in [0.5, 0.6) is 5.75 Å². The van der Waals surface area contributed by atoms with Crippen LogP contribution >= 0.6 is 0 Å². The summed E-state index contributed by atoms with van der Waals surface area (Å²) in [5.41, 5.74) is 1.42. The first-order valence-corrected chi connectivity index (χ1v) is 8.99. The Hall–Kier alpha value is -3.29. The van der Waals surface area contributed by atoms with Crippen molar-refractivity contribution in [3.8, 4) is 17.1 Å². The van der Waals surface area contributed by atoms with Crippen LogP contribution in [0.3, 0.4) is 0 Å². The number of oxazole rings is 1. The van der Waals surface area contributed by atoms with Crippen molar-refractivity contribution >= 4 is 11.6 Å². The molecule has 0 bridgehead atoms. The van der Waals surface area contributed by atoms with Crippen molar-refractivity contribution in [2.24, 2.45) is 0 Å². The Labute approximate surface area is 165 Å². The van der Waals surface area contributed by atoms with Crippen molar-refractivity contribution in [1.82, 2.24) is 4.98 Å². The number of ether oxygens (including phenoxy) is 1. The summed E-state index contributed by atoms with van der Waals surface area (Å²) in [5, 5.41) is 2.69. The van der Waals surface area contributed by atoms with Crippen LogP contribution in [0.2, 0.25) is 0 Å². The quantitative estimate of drug-likeness (QED) is 0.557. The zero-order chi connectivity index (χ0) is 20.7. The summed E-state index contributed by atoms with van der Waals surface area (Å²) in [4.78, 5) is 16.3. The Morgan fingerprint density at radius 2 is 1.79 bits per heavy atom. The van der Waals surface area contributed by atoms with Gasteiger partial charge in [-0.15, -0.1) is 0 Å². The van der Waals surface area contributed by atoms with Gasteiger partial charge in [0.1, 0.15) is 5.75 Å². The average molecular weight is 404 g/mol. The minimum Gasteiger partial charge on any atom is -0.484 e. The molecule has 0 saturated heterocycles. The molecule has 1 amide bonds. The molecule has 1 N–H and O–H groups in total. The second-order valence-electron chi connectivity index (χ2n) is 6.31. The molecule has 0 unspecified atom stereocenters. The predicted molar refractivity (Wildman–Crippen MR) is 101 cm³/mol. The van der Waals surface area contributed by atoms with Gasteiger partial charge >= 0.3 is 6.18 Å². The van der Waals surface area contributed by atoms with Crippen molar-refractivity contribution in [1.29, 1.82) is 0 Å². The Balaban J connectivity index is 1.42. The zero-order valence-electron chi connectivity index (χ0n) is 15.4. The van der Waals surface area contributed by atoms with Gasteiger partial charge in [0.25, 0.3) is 0 Å². The molecule has 0 fully saturated rings. The Bertz CT molecular complexity index is 922. The first-order chi connectivity index (χ1) is 13.9. The number of carbonyl (C=O) groups is 1. The van der Waals surface area contributed by atoms with Crippen LogP contribution < -0.4 is 10.1 Å². The number of hydrogen-bond donors (Lipinski definition) is 1. The summed E-state index contributed by atoms with van der Waals surface area (Å²) in [6.07, 6.45) is -1.40. The lowest BCUT2D eigenvalue weighted by Gasteiger charge is -2.10. The molecule has 3 rings (SSSR count). The van der Waals surface area contributed by atoms with E-state index in [1.165, 1.54) is 24.3 Å². The number of carbonyl (C=O) groups excluding carboxylic acids is 1. The van der Waals surface area contributed by atoms with E-state index in [1.54, 1.807) is 6.20 Å². The molecule has 152 valence electrons. The number of benzene rings is 2. The third kappa shape index (κ3) is 6.67. The fraction of sp³-hybridized carbons (Fsp3) is 0.238. The lowest BCUT2D eigenvalue weighted by atomic mass is 10.2. The highest BCUT2D eigenvalue weighted by atomic mass is 19.4. The SMILES string of the molecule is O=C(CCCc1ncc(-c2ccccc2)o1)Nc1ccc(OCC(F)(F)F)cc1. The molecule has 0 aliphatic carbocycles. The van der Waals surface area contributed by atoms with Gasteiger partial charge in [0, 0.05) is 24.1 Å². The maximum absolute atomic E-state index is 12.1. The van der Waals surface area contributed by atoms with Crippen molar-refractivity contribution in [2.45, 2.75) is 25.4 Å². The summed E-state index contributed by atoms with van der Waals surface area (Å²) in [6, 6.07) is 15.3. The molecular formula is C21H19F3N2O3. The molecule has 0 spiro atoms. The van der Waals surface area contributed by atoms with E-state index in [0.29, 0.717) is 30.2 Å². The van der Waals surface area contributed by atoms with E-state index < -0.39 is 12.8 Å². The number of hydrogen-bond acceptors (Lipinski definition) is 4. The van der Waals surface area contributed by atoms with E-state index in [1.807, 2.05) is 30.3 Å². The molecule has 1 aromatic heterocycles. The van der Waals surface area contributed by atoms with Crippen molar-refractivity contribution < 1.29 is 27.1 Å². The van der Waals surface area contributed by atoms with Crippen molar-refractivity contribution in [2.75, 3.05) is 11.9 Å². The number of aromatic nitrogens is 1. The smallest absolute Gasteiger partial charge is 0.422 e. The van der Waals surface area contributed by atoms with E-state index in [-0.39, 0.29) is 18.1 Å². The summed E-state index contributed by atoms with van der Waals surface area (Å²) < 4.78 is 46.7. The summed E-state index contributed by atoms with van der Waals surface area (Å²) in [7, 11) is 0. The van der Waals surface area contributed by atoms with Crippen molar-refractivity contribution in [3.05, 3.63) is 66.7 Å². The minimum absolute atomic E-state index is 0.0819. The summed E-state index contributed by atoms with van der Waals surface area (Å²) >= 11 is 0. The Morgan fingerprint density at radius 1 is 1.07 bits per heavy atom. The third-order valence-corrected chi connectivity index (χ3v) is 3.95. The van der Waals surface area contributed by atoms with Crippen LogP contribution in [0.25, 0.3) is 11.3 Å². The van der Waals surface area contributed by atoms with E-state index in [4.69, 9.17) is 4.42 Å². The van der Waals surface area contributed by atoms with Gasteiger partial charge in [-0.2, -0.15) is 13.2 Å². The number of nitrogens with one attached hydrogen (secondary N) is 1. The predicted octanol–water partition coefficient (Wildman–Crippen LogP) is 5.24. The molecule has 5 nitrogen and oxygen atoms in total. The van der Waals surface area contributed by atoms with Crippen LogP contribution in [0.1, 0.15) is 18.7 Å². The van der Waals surface area contributed by atoms with Gasteiger partial charge < -0.3 is 14.5 Å². The molecule has 0 saturated carbocycles. The fourth-order valence-electron chi connectivity index (χ4n) is 2.59. The maximum Gasteiger partial charge on any atom is 0.422 e. The van der Waals surface area contributed by atoms with Crippen LogP contribution in [-0.4, -0.2) is 23.7 Å². The molecule has 0 aliphatic heterocycles. The highest BCUT2D eigenvalue weighted by Gasteiger charge is 2.28. The number of aryl methyl sites for hydroxylation is 1. The van der Waals surface area contributed by atoms with Gasteiger partial charge in [0.05, 0.1) is 6.20 Å². The second-order valence-corrected chi connectivity index (χ2v) is 6.31. The molecule has 29 heavy (non-hydrogen) atoms. The second kappa shape index (κ2) is 9.27. The minimum atomic E-state index is -4.39. The molecule has 8 heteroatoms. The summed E-state index contributed by atoms with van der Waals surface area (Å²) in [6.45, 7) is -1.36. The summed E-state index contributed by atoms with van der Waals surface area (Å²) in [5.74, 6) is 1.11. The van der Waals surface area contributed by atoms with Crippen LogP contribution in [0.15, 0.2) is 65.2 Å². The monoisotopic (exact) mass is 404 g/mol. The van der Waals surface area contributed by atoms with E-state index in [9.17, 15) is 18.0 Å². The van der Waals surface area contributed by atoms with Gasteiger partial charge in [-0.05, 0) is 30.7 Å². The van der Waals surface area contributed by atoms with Crippen LogP contribution in [-0.2, 0) is 11.2 Å². The number of nitrogens with zero attached hydrogens (tertiary/aromatic N) is 1. The third-order valence-electron chi connectivity index (χ3n) is 3.95. The maximum atomic E-state index is 12.1. The highest BCUT2D eigenvalue weighted by Crippen LogP contribution is 2.22. The number of alkyl halides is 3. The largest absolute Gasteiger partial charge is 0.484 e. The number of halogens is 3. The highest BCUT2D eigenvalue weighted by molar-refractivity contribution is 5.90. The van der Waals surface area contributed by atoms with E-state index in [0.717, 1.165) is 5.56 Å². The fourth-order valence-corrected chi connectivity index (χ4v) is 2.59. The Kier molecular flexibility index (Phi) is 6.54. The molecule has 3 aromatic rings. The molecule has 1 heterocycles. The molecule has 0 aliphatic rings.